The molecular formula is C25H22F5N3O3. The third kappa shape index (κ3) is 3.96. The first-order valence-electron chi connectivity index (χ1n) is 11.3. The lowest BCUT2D eigenvalue weighted by Crippen LogP contribution is -2.43. The van der Waals surface area contributed by atoms with Crippen molar-refractivity contribution in [2.24, 2.45) is 0 Å². The number of halogens is 5. The molecule has 0 saturated carbocycles. The zero-order chi connectivity index (χ0) is 25.8. The van der Waals surface area contributed by atoms with E-state index in [-0.39, 0.29) is 31.8 Å². The fourth-order valence-corrected chi connectivity index (χ4v) is 4.77. The van der Waals surface area contributed by atoms with Crippen molar-refractivity contribution < 1.29 is 36.2 Å². The third-order valence-corrected chi connectivity index (χ3v) is 6.70. The number of benzene rings is 2. The lowest BCUT2D eigenvalue weighted by Gasteiger charge is -2.36. The molecule has 2 aliphatic rings. The van der Waals surface area contributed by atoms with E-state index in [2.05, 4.69) is 4.98 Å². The van der Waals surface area contributed by atoms with E-state index in [1.165, 1.54) is 17.0 Å². The van der Waals surface area contributed by atoms with Crippen LogP contribution in [-0.4, -0.2) is 41.7 Å². The zero-order valence-corrected chi connectivity index (χ0v) is 19.1. The minimum atomic E-state index is -5.71. The fraction of sp³-hybridized carbons (Fsp3) is 0.360. The molecule has 3 aromatic rings. The molecule has 1 amide bonds. The smallest absolute Gasteiger partial charge is 0.383 e. The summed E-state index contributed by atoms with van der Waals surface area (Å²) in [6.07, 6.45) is -5.92. The molecule has 2 aromatic carbocycles. The van der Waals surface area contributed by atoms with Gasteiger partial charge < -0.3 is 20.1 Å². The number of morpholine rings is 1. The monoisotopic (exact) mass is 507 g/mol. The van der Waals surface area contributed by atoms with E-state index in [0.717, 1.165) is 28.6 Å². The van der Waals surface area contributed by atoms with E-state index >= 15 is 0 Å². The number of amides is 1. The number of alkyl halides is 5. The summed E-state index contributed by atoms with van der Waals surface area (Å²) >= 11 is 0. The minimum absolute atomic E-state index is 0.0766. The number of nitrogens with zero attached hydrogens (tertiary/aromatic N) is 2. The first-order valence-corrected chi connectivity index (χ1v) is 11.3. The molecular weight excluding hydrogens is 485 g/mol. The van der Waals surface area contributed by atoms with Gasteiger partial charge in [0.2, 0.25) is 0 Å². The Morgan fingerprint density at radius 3 is 2.53 bits per heavy atom. The second-order valence-corrected chi connectivity index (χ2v) is 8.86. The maximum Gasteiger partial charge on any atom is 0.458 e. The number of anilines is 1. The summed E-state index contributed by atoms with van der Waals surface area (Å²) in [4.78, 5) is 19.5. The van der Waals surface area contributed by atoms with Crippen molar-refractivity contribution in [3.63, 3.8) is 0 Å². The van der Waals surface area contributed by atoms with Gasteiger partial charge in [0.05, 0.1) is 37.5 Å². The molecule has 1 saturated heterocycles. The van der Waals surface area contributed by atoms with Crippen molar-refractivity contribution in [3.8, 4) is 0 Å². The number of aromatic nitrogens is 1. The van der Waals surface area contributed by atoms with E-state index in [0.29, 0.717) is 29.1 Å². The molecule has 1 fully saturated rings. The molecule has 0 spiro atoms. The Labute approximate surface area is 202 Å². The maximum atomic E-state index is 13.7. The first kappa shape index (κ1) is 24.4. The average Bonchev–Trinajstić information content (AvgIpc) is 3.25. The van der Waals surface area contributed by atoms with Crippen molar-refractivity contribution in [1.82, 2.24) is 9.88 Å². The Hall–Kier alpha value is -3.31. The first-order chi connectivity index (χ1) is 17.0. The van der Waals surface area contributed by atoms with Crippen LogP contribution in [0.5, 0.6) is 0 Å². The van der Waals surface area contributed by atoms with E-state index < -0.39 is 23.7 Å². The molecule has 1 aromatic heterocycles. The maximum absolute atomic E-state index is 13.7. The number of ether oxygens (including phenoxy) is 2. The van der Waals surface area contributed by atoms with Gasteiger partial charge >= 0.3 is 12.1 Å². The molecule has 2 atom stereocenters. The number of nitrogen functional groups attached to an aromatic ring is 1. The van der Waals surface area contributed by atoms with Crippen LogP contribution in [0.3, 0.4) is 0 Å². The van der Waals surface area contributed by atoms with Crippen LogP contribution < -0.4 is 5.73 Å². The standard InChI is InChI=1S/C25H22F5N3O3/c1-13-21-18(11-36-13)17-10-15(4-7-19(17)32-22(21)31)23(34)33-8-9-35-12-20(33)14-2-5-16(6-3-14)24(26,27)25(28,29)30/h2-7,10,13,20H,8-9,11-12H2,1H3,(H2,31,32)/t13-,20-/m1/s1. The summed E-state index contributed by atoms with van der Waals surface area (Å²) in [5.74, 6) is -4.92. The molecule has 2 N–H and O–H groups in total. The molecule has 0 aliphatic carbocycles. The van der Waals surface area contributed by atoms with Crippen molar-refractivity contribution in [1.29, 1.82) is 0 Å². The minimum Gasteiger partial charge on any atom is -0.383 e. The van der Waals surface area contributed by atoms with Gasteiger partial charge in [-0.1, -0.05) is 24.3 Å². The number of carbonyl (C=O) groups is 1. The number of fused-ring (bicyclic) bond motifs is 3. The van der Waals surface area contributed by atoms with Gasteiger partial charge in [-0.3, -0.25) is 4.79 Å². The van der Waals surface area contributed by atoms with Gasteiger partial charge in [0, 0.05) is 28.6 Å². The van der Waals surface area contributed by atoms with Gasteiger partial charge in [0.25, 0.3) is 5.91 Å². The largest absolute Gasteiger partial charge is 0.458 e. The Bertz CT molecular complexity index is 1330. The zero-order valence-electron chi connectivity index (χ0n) is 19.1. The second-order valence-electron chi connectivity index (χ2n) is 8.86. The number of hydrogen-bond acceptors (Lipinski definition) is 5. The summed E-state index contributed by atoms with van der Waals surface area (Å²) in [7, 11) is 0. The number of pyridine rings is 1. The summed E-state index contributed by atoms with van der Waals surface area (Å²) in [6.45, 7) is 2.78. The highest BCUT2D eigenvalue weighted by atomic mass is 19.4. The molecule has 11 heteroatoms. The Morgan fingerprint density at radius 2 is 1.83 bits per heavy atom. The van der Waals surface area contributed by atoms with Crippen LogP contribution in [0.1, 0.15) is 51.7 Å². The highest BCUT2D eigenvalue weighted by molar-refractivity contribution is 5.99. The molecule has 0 unspecified atom stereocenters. The van der Waals surface area contributed by atoms with Gasteiger partial charge in [0.15, 0.2) is 0 Å². The van der Waals surface area contributed by atoms with Crippen LogP contribution in [0.15, 0.2) is 42.5 Å². The second kappa shape index (κ2) is 8.67. The number of rotatable bonds is 3. The molecule has 6 nitrogen and oxygen atoms in total. The molecule has 0 bridgehead atoms. The van der Waals surface area contributed by atoms with Crippen LogP contribution in [0.4, 0.5) is 27.8 Å². The van der Waals surface area contributed by atoms with Gasteiger partial charge in [-0.25, -0.2) is 4.98 Å². The number of carbonyl (C=O) groups excluding carboxylic acids is 1. The predicted molar refractivity (Wildman–Crippen MR) is 120 cm³/mol. The highest BCUT2D eigenvalue weighted by Gasteiger charge is 2.58. The highest BCUT2D eigenvalue weighted by Crippen LogP contribution is 2.44. The van der Waals surface area contributed by atoms with E-state index in [4.69, 9.17) is 15.2 Å². The lowest BCUT2D eigenvalue weighted by molar-refractivity contribution is -0.289. The summed E-state index contributed by atoms with van der Waals surface area (Å²) < 4.78 is 76.8. The Morgan fingerprint density at radius 1 is 1.11 bits per heavy atom. The third-order valence-electron chi connectivity index (χ3n) is 6.70. The van der Waals surface area contributed by atoms with Gasteiger partial charge in [-0.15, -0.1) is 0 Å². The average molecular weight is 507 g/mol. The molecule has 190 valence electrons. The van der Waals surface area contributed by atoms with Crippen LogP contribution in [-0.2, 0) is 22.0 Å². The lowest BCUT2D eigenvalue weighted by atomic mass is 9.98. The fourth-order valence-electron chi connectivity index (χ4n) is 4.77. The SMILES string of the molecule is C[C@H]1OCc2c1c(N)nc1ccc(C(=O)N3CCOC[C@@H]3c3ccc(C(F)(F)C(F)(F)F)cc3)cc21. The van der Waals surface area contributed by atoms with Crippen molar-refractivity contribution in [2.45, 2.75) is 37.8 Å². The van der Waals surface area contributed by atoms with Crippen molar-refractivity contribution >= 4 is 22.6 Å². The van der Waals surface area contributed by atoms with E-state index in [1.54, 1.807) is 18.2 Å². The summed E-state index contributed by atoms with van der Waals surface area (Å²) in [6, 6.07) is 8.21. The molecule has 36 heavy (non-hydrogen) atoms. The topological polar surface area (TPSA) is 77.7 Å². The van der Waals surface area contributed by atoms with Crippen molar-refractivity contribution in [3.05, 3.63) is 70.3 Å². The van der Waals surface area contributed by atoms with Crippen LogP contribution >= 0.6 is 0 Å². The summed E-state index contributed by atoms with van der Waals surface area (Å²) in [5.41, 5.74) is 8.00. The van der Waals surface area contributed by atoms with Gasteiger partial charge in [0.1, 0.15) is 5.82 Å². The normalized spacial score (nSPS) is 20.6. The number of nitrogens with two attached hydrogens (primary N) is 1. The van der Waals surface area contributed by atoms with E-state index in [9.17, 15) is 26.7 Å². The number of hydrogen-bond donors (Lipinski definition) is 1. The predicted octanol–water partition coefficient (Wildman–Crippen LogP) is 5.28. The van der Waals surface area contributed by atoms with Crippen LogP contribution in [0.25, 0.3) is 10.9 Å². The molecule has 3 heterocycles. The Kier molecular flexibility index (Phi) is 5.87. The van der Waals surface area contributed by atoms with Crippen LogP contribution in [0.2, 0.25) is 0 Å². The van der Waals surface area contributed by atoms with Gasteiger partial charge in [-0.2, -0.15) is 22.0 Å². The molecule has 2 aliphatic heterocycles. The molecule has 0 radical (unpaired) electrons. The quantitative estimate of drug-likeness (QED) is 0.489. The summed E-state index contributed by atoms with van der Waals surface area (Å²) in [5, 5.41) is 0.748. The Balaban J connectivity index is 1.46. The van der Waals surface area contributed by atoms with Crippen molar-refractivity contribution in [2.75, 3.05) is 25.5 Å². The van der Waals surface area contributed by atoms with E-state index in [1.807, 2.05) is 6.92 Å². The molecule has 5 rings (SSSR count). The van der Waals surface area contributed by atoms with Gasteiger partial charge in [-0.05, 0) is 36.2 Å². The van der Waals surface area contributed by atoms with Crippen LogP contribution in [0, 0.1) is 0 Å².